The number of hydrogen-bond donors (Lipinski definition) is 0. The van der Waals surface area contributed by atoms with Crippen molar-refractivity contribution in [2.24, 2.45) is 0 Å². The topological polar surface area (TPSA) is 26.3 Å². The Morgan fingerprint density at radius 2 is 2.14 bits per heavy atom. The summed E-state index contributed by atoms with van der Waals surface area (Å²) in [5, 5.41) is 0. The lowest BCUT2D eigenvalue weighted by molar-refractivity contribution is 0.101. The monoisotopic (exact) mass is 304 g/mol. The first kappa shape index (κ1) is 11.5. The molecule has 3 heteroatoms. The number of rotatable bonds is 3. The second-order valence-electron chi connectivity index (χ2n) is 3.09. The summed E-state index contributed by atoms with van der Waals surface area (Å²) >= 11 is 2.16. The second-order valence-corrected chi connectivity index (χ2v) is 4.25. The maximum Gasteiger partial charge on any atom is 0.160 e. The molecule has 0 bridgehead atoms. The maximum absolute atomic E-state index is 11.2. The summed E-state index contributed by atoms with van der Waals surface area (Å²) in [6.45, 7) is 6.13. The molecule has 0 aliphatic heterocycles. The molecular formula is C11H13IO2. The Hall–Kier alpha value is -0.580. The molecule has 0 amide bonds. The van der Waals surface area contributed by atoms with Gasteiger partial charge in [-0.2, -0.15) is 0 Å². The lowest BCUT2D eigenvalue weighted by atomic mass is 10.1. The van der Waals surface area contributed by atoms with E-state index < -0.39 is 0 Å². The average Bonchev–Trinajstić information content (AvgIpc) is 2.10. The summed E-state index contributed by atoms with van der Waals surface area (Å²) in [7, 11) is 0. The molecule has 0 heterocycles. The van der Waals surface area contributed by atoms with Crippen LogP contribution in [0.4, 0.5) is 0 Å². The molecule has 0 radical (unpaired) electrons. The van der Waals surface area contributed by atoms with E-state index in [1.165, 1.54) is 0 Å². The normalized spacial score (nSPS) is 10.0. The van der Waals surface area contributed by atoms with Crippen molar-refractivity contribution in [3.8, 4) is 5.75 Å². The van der Waals surface area contributed by atoms with Crippen molar-refractivity contribution in [3.63, 3.8) is 0 Å². The summed E-state index contributed by atoms with van der Waals surface area (Å²) in [6, 6.07) is 3.80. The molecule has 1 aromatic rings. The van der Waals surface area contributed by atoms with Crippen LogP contribution in [-0.4, -0.2) is 12.4 Å². The van der Waals surface area contributed by atoms with Gasteiger partial charge < -0.3 is 4.74 Å². The SMILES string of the molecule is CCOc1cc(I)c(C(C)=O)cc1C. The van der Waals surface area contributed by atoms with Crippen LogP contribution < -0.4 is 4.74 Å². The van der Waals surface area contributed by atoms with Crippen LogP contribution in [0.3, 0.4) is 0 Å². The van der Waals surface area contributed by atoms with Crippen molar-refractivity contribution in [1.29, 1.82) is 0 Å². The first-order valence-electron chi connectivity index (χ1n) is 4.50. The third-order valence-electron chi connectivity index (χ3n) is 1.94. The molecule has 0 fully saturated rings. The Morgan fingerprint density at radius 1 is 1.50 bits per heavy atom. The van der Waals surface area contributed by atoms with Crippen LogP contribution in [0.5, 0.6) is 5.75 Å². The highest BCUT2D eigenvalue weighted by atomic mass is 127. The molecule has 0 saturated heterocycles. The molecule has 2 nitrogen and oxygen atoms in total. The number of ether oxygens (including phenoxy) is 1. The van der Waals surface area contributed by atoms with Gasteiger partial charge in [0.25, 0.3) is 0 Å². The second kappa shape index (κ2) is 4.77. The van der Waals surface area contributed by atoms with Gasteiger partial charge in [0.15, 0.2) is 5.78 Å². The van der Waals surface area contributed by atoms with Crippen LogP contribution in [0.2, 0.25) is 0 Å². The lowest BCUT2D eigenvalue weighted by Crippen LogP contribution is -2.00. The molecule has 0 N–H and O–H groups in total. The zero-order valence-corrected chi connectivity index (χ0v) is 10.7. The number of ketones is 1. The van der Waals surface area contributed by atoms with Gasteiger partial charge in [0, 0.05) is 9.13 Å². The fourth-order valence-electron chi connectivity index (χ4n) is 1.24. The van der Waals surface area contributed by atoms with Crippen molar-refractivity contribution in [2.75, 3.05) is 6.61 Å². The van der Waals surface area contributed by atoms with Gasteiger partial charge in [-0.15, -0.1) is 0 Å². The van der Waals surface area contributed by atoms with Crippen LogP contribution in [0.1, 0.15) is 29.8 Å². The van der Waals surface area contributed by atoms with Crippen LogP contribution in [0.15, 0.2) is 12.1 Å². The van der Waals surface area contributed by atoms with Crippen molar-refractivity contribution < 1.29 is 9.53 Å². The molecule has 0 aliphatic carbocycles. The quantitative estimate of drug-likeness (QED) is 0.633. The Labute approximate surface area is 97.8 Å². The van der Waals surface area contributed by atoms with E-state index >= 15 is 0 Å². The number of benzene rings is 1. The van der Waals surface area contributed by atoms with E-state index in [1.807, 2.05) is 26.0 Å². The largest absolute Gasteiger partial charge is 0.494 e. The van der Waals surface area contributed by atoms with Gasteiger partial charge in [0.05, 0.1) is 6.61 Å². The number of halogens is 1. The number of hydrogen-bond acceptors (Lipinski definition) is 2. The number of Topliss-reactive ketones (excluding diaryl/α,β-unsaturated/α-hetero) is 1. The van der Waals surface area contributed by atoms with Gasteiger partial charge in [0.2, 0.25) is 0 Å². The molecule has 0 spiro atoms. The van der Waals surface area contributed by atoms with Gasteiger partial charge in [-0.05, 0) is 61.1 Å². The summed E-state index contributed by atoms with van der Waals surface area (Å²) in [5.41, 5.74) is 1.78. The van der Waals surface area contributed by atoms with Crippen LogP contribution in [0.25, 0.3) is 0 Å². The highest BCUT2D eigenvalue weighted by molar-refractivity contribution is 14.1. The first-order valence-corrected chi connectivity index (χ1v) is 5.58. The predicted octanol–water partition coefficient (Wildman–Crippen LogP) is 3.20. The fourth-order valence-corrected chi connectivity index (χ4v) is 2.06. The molecule has 76 valence electrons. The van der Waals surface area contributed by atoms with Gasteiger partial charge in [0.1, 0.15) is 5.75 Å². The molecule has 1 aromatic carbocycles. The first-order chi connectivity index (χ1) is 6.56. The van der Waals surface area contributed by atoms with E-state index in [4.69, 9.17) is 4.74 Å². The van der Waals surface area contributed by atoms with E-state index in [-0.39, 0.29) is 5.78 Å². The Kier molecular flexibility index (Phi) is 3.92. The zero-order valence-electron chi connectivity index (χ0n) is 8.56. The van der Waals surface area contributed by atoms with Gasteiger partial charge in [-0.25, -0.2) is 0 Å². The van der Waals surface area contributed by atoms with E-state index in [1.54, 1.807) is 6.92 Å². The molecular weight excluding hydrogens is 291 g/mol. The Balaban J connectivity index is 3.17. The minimum Gasteiger partial charge on any atom is -0.494 e. The lowest BCUT2D eigenvalue weighted by Gasteiger charge is -2.09. The average molecular weight is 304 g/mol. The summed E-state index contributed by atoms with van der Waals surface area (Å²) in [5.74, 6) is 0.961. The molecule has 0 saturated carbocycles. The van der Waals surface area contributed by atoms with E-state index in [9.17, 15) is 4.79 Å². The molecule has 14 heavy (non-hydrogen) atoms. The van der Waals surface area contributed by atoms with Gasteiger partial charge in [-0.3, -0.25) is 4.79 Å². The summed E-state index contributed by atoms with van der Waals surface area (Å²) < 4.78 is 6.38. The highest BCUT2D eigenvalue weighted by Crippen LogP contribution is 2.24. The van der Waals surface area contributed by atoms with Crippen LogP contribution in [0, 0.1) is 10.5 Å². The van der Waals surface area contributed by atoms with Crippen LogP contribution in [-0.2, 0) is 0 Å². The van der Waals surface area contributed by atoms with Crippen molar-refractivity contribution in [3.05, 3.63) is 26.8 Å². The summed E-state index contributed by atoms with van der Waals surface area (Å²) in [4.78, 5) is 11.2. The van der Waals surface area contributed by atoms with Crippen LogP contribution >= 0.6 is 22.6 Å². The smallest absolute Gasteiger partial charge is 0.160 e. The minimum atomic E-state index is 0.0977. The molecule has 0 atom stereocenters. The molecule has 0 aliphatic rings. The van der Waals surface area contributed by atoms with E-state index in [0.717, 1.165) is 20.4 Å². The van der Waals surface area contributed by atoms with E-state index in [2.05, 4.69) is 22.6 Å². The number of aryl methyl sites for hydroxylation is 1. The zero-order chi connectivity index (χ0) is 10.7. The Morgan fingerprint density at radius 3 is 2.64 bits per heavy atom. The number of carbonyl (C=O) groups is 1. The van der Waals surface area contributed by atoms with Gasteiger partial charge in [-0.1, -0.05) is 0 Å². The maximum atomic E-state index is 11.2. The third kappa shape index (κ3) is 2.47. The van der Waals surface area contributed by atoms with Crippen molar-refractivity contribution >= 4 is 28.4 Å². The molecule has 0 aromatic heterocycles. The van der Waals surface area contributed by atoms with Crippen molar-refractivity contribution in [1.82, 2.24) is 0 Å². The van der Waals surface area contributed by atoms with Crippen molar-refractivity contribution in [2.45, 2.75) is 20.8 Å². The standard InChI is InChI=1S/C11H13IO2/c1-4-14-11-6-10(12)9(8(3)13)5-7(11)2/h5-6H,4H2,1-3H3. The third-order valence-corrected chi connectivity index (χ3v) is 2.84. The number of carbonyl (C=O) groups excluding carboxylic acids is 1. The minimum absolute atomic E-state index is 0.0977. The molecule has 0 unspecified atom stereocenters. The fraction of sp³-hybridized carbons (Fsp3) is 0.364. The Bertz CT molecular complexity index is 359. The molecule has 1 rings (SSSR count). The van der Waals surface area contributed by atoms with E-state index in [0.29, 0.717) is 6.61 Å². The summed E-state index contributed by atoms with van der Waals surface area (Å²) in [6.07, 6.45) is 0. The highest BCUT2D eigenvalue weighted by Gasteiger charge is 2.09. The van der Waals surface area contributed by atoms with Gasteiger partial charge >= 0.3 is 0 Å². The predicted molar refractivity (Wildman–Crippen MR) is 65.1 cm³/mol.